The molecule has 1 aliphatic heterocycles. The van der Waals surface area contributed by atoms with E-state index in [1.165, 1.54) is 0 Å². The fourth-order valence-electron chi connectivity index (χ4n) is 2.22. The minimum absolute atomic E-state index is 0.169. The second-order valence-corrected chi connectivity index (χ2v) is 4.90. The molecule has 1 fully saturated rings. The first kappa shape index (κ1) is 11.5. The van der Waals surface area contributed by atoms with E-state index in [9.17, 15) is 4.79 Å². The Morgan fingerprint density at radius 2 is 1.86 bits per heavy atom. The molecule has 1 rings (SSSR count). The molecule has 0 aromatic rings. The number of aliphatic carboxylic acids is 1. The minimum atomic E-state index is -0.633. The van der Waals surface area contributed by atoms with E-state index in [1.54, 1.807) is 0 Å². The van der Waals surface area contributed by atoms with Crippen molar-refractivity contribution in [1.29, 1.82) is 0 Å². The van der Waals surface area contributed by atoms with Gasteiger partial charge in [-0.25, -0.2) is 0 Å². The summed E-state index contributed by atoms with van der Waals surface area (Å²) in [7, 11) is 0. The highest BCUT2D eigenvalue weighted by molar-refractivity contribution is 5.71. The summed E-state index contributed by atoms with van der Waals surface area (Å²) in [5.41, 5.74) is 0. The first-order chi connectivity index (χ1) is 6.43. The van der Waals surface area contributed by atoms with E-state index in [2.05, 4.69) is 32.6 Å². The van der Waals surface area contributed by atoms with Gasteiger partial charge in [0.1, 0.15) is 0 Å². The Hall–Kier alpha value is -0.570. The van der Waals surface area contributed by atoms with E-state index >= 15 is 0 Å². The zero-order valence-corrected chi connectivity index (χ0v) is 9.53. The predicted octanol–water partition coefficient (Wildman–Crippen LogP) is 1.68. The van der Waals surface area contributed by atoms with Crippen LogP contribution in [0.1, 0.15) is 27.7 Å². The SMILES string of the molecule is CC(C)[C@@H]1CN(C(C)C)C[C@H]1C(=O)O. The van der Waals surface area contributed by atoms with E-state index in [-0.39, 0.29) is 5.92 Å². The van der Waals surface area contributed by atoms with Gasteiger partial charge in [0, 0.05) is 19.1 Å². The van der Waals surface area contributed by atoms with Gasteiger partial charge in [0.05, 0.1) is 5.92 Å². The maximum atomic E-state index is 11.1. The fraction of sp³-hybridized carbons (Fsp3) is 0.909. The minimum Gasteiger partial charge on any atom is -0.481 e. The van der Waals surface area contributed by atoms with Crippen LogP contribution in [-0.2, 0) is 4.79 Å². The van der Waals surface area contributed by atoms with Crippen LogP contribution < -0.4 is 0 Å². The van der Waals surface area contributed by atoms with E-state index in [0.29, 0.717) is 17.9 Å². The maximum absolute atomic E-state index is 11.1. The lowest BCUT2D eigenvalue weighted by Gasteiger charge is -2.21. The Morgan fingerprint density at radius 3 is 2.14 bits per heavy atom. The first-order valence-electron chi connectivity index (χ1n) is 5.40. The van der Waals surface area contributed by atoms with E-state index in [0.717, 1.165) is 13.1 Å². The number of nitrogens with zero attached hydrogens (tertiary/aromatic N) is 1. The van der Waals surface area contributed by atoms with E-state index in [1.807, 2.05) is 0 Å². The van der Waals surface area contributed by atoms with Gasteiger partial charge in [-0.3, -0.25) is 9.69 Å². The number of hydrogen-bond acceptors (Lipinski definition) is 2. The zero-order valence-electron chi connectivity index (χ0n) is 9.53. The highest BCUT2D eigenvalue weighted by Gasteiger charge is 2.39. The van der Waals surface area contributed by atoms with Crippen LogP contribution in [0, 0.1) is 17.8 Å². The largest absolute Gasteiger partial charge is 0.481 e. The van der Waals surface area contributed by atoms with Crippen LogP contribution >= 0.6 is 0 Å². The molecule has 0 radical (unpaired) electrons. The number of rotatable bonds is 3. The van der Waals surface area contributed by atoms with Crippen molar-refractivity contribution in [2.24, 2.45) is 17.8 Å². The molecule has 1 heterocycles. The molecule has 2 atom stereocenters. The lowest BCUT2D eigenvalue weighted by Crippen LogP contribution is -2.29. The number of carboxylic acid groups (broad SMARTS) is 1. The Balaban J connectivity index is 2.70. The third-order valence-corrected chi connectivity index (χ3v) is 3.30. The second-order valence-electron chi connectivity index (χ2n) is 4.90. The summed E-state index contributed by atoms with van der Waals surface area (Å²) >= 11 is 0. The molecule has 0 unspecified atom stereocenters. The molecular weight excluding hydrogens is 178 g/mol. The zero-order chi connectivity index (χ0) is 10.9. The molecule has 3 nitrogen and oxygen atoms in total. The molecule has 3 heteroatoms. The molecule has 82 valence electrons. The smallest absolute Gasteiger partial charge is 0.308 e. The molecule has 0 bridgehead atoms. The van der Waals surface area contributed by atoms with Gasteiger partial charge in [0.25, 0.3) is 0 Å². The van der Waals surface area contributed by atoms with Gasteiger partial charge < -0.3 is 5.11 Å². The first-order valence-corrected chi connectivity index (χ1v) is 5.40. The monoisotopic (exact) mass is 199 g/mol. The molecule has 14 heavy (non-hydrogen) atoms. The van der Waals surface area contributed by atoms with Gasteiger partial charge in [-0.1, -0.05) is 13.8 Å². The molecule has 0 aliphatic carbocycles. The number of hydrogen-bond donors (Lipinski definition) is 1. The highest BCUT2D eigenvalue weighted by Crippen LogP contribution is 2.30. The number of likely N-dealkylation sites (tertiary alicyclic amines) is 1. The highest BCUT2D eigenvalue weighted by atomic mass is 16.4. The average molecular weight is 199 g/mol. The van der Waals surface area contributed by atoms with Crippen LogP contribution in [-0.4, -0.2) is 35.1 Å². The third kappa shape index (κ3) is 2.27. The molecular formula is C11H21NO2. The molecule has 0 saturated carbocycles. The van der Waals surface area contributed by atoms with Crippen molar-refractivity contribution in [1.82, 2.24) is 4.90 Å². The summed E-state index contributed by atoms with van der Waals surface area (Å²) in [6.07, 6.45) is 0. The van der Waals surface area contributed by atoms with Crippen LogP contribution in [0.2, 0.25) is 0 Å². The van der Waals surface area contributed by atoms with Crippen molar-refractivity contribution >= 4 is 5.97 Å². The Morgan fingerprint density at radius 1 is 1.29 bits per heavy atom. The summed E-state index contributed by atoms with van der Waals surface area (Å²) < 4.78 is 0. The van der Waals surface area contributed by atoms with Crippen LogP contribution in [0.15, 0.2) is 0 Å². The Bertz CT molecular complexity index is 213. The molecule has 0 spiro atoms. The van der Waals surface area contributed by atoms with E-state index < -0.39 is 5.97 Å². The lowest BCUT2D eigenvalue weighted by atomic mass is 9.86. The average Bonchev–Trinajstić information content (AvgIpc) is 2.47. The third-order valence-electron chi connectivity index (χ3n) is 3.30. The summed E-state index contributed by atoms with van der Waals surface area (Å²) in [6.45, 7) is 10.1. The molecule has 0 aromatic carbocycles. The standard InChI is InChI=1S/C11H21NO2/c1-7(2)9-5-12(8(3)4)6-10(9)11(13)14/h7-10H,5-6H2,1-4H3,(H,13,14)/t9-,10+/m0/s1. The number of carboxylic acids is 1. The molecule has 0 amide bonds. The maximum Gasteiger partial charge on any atom is 0.308 e. The molecule has 1 saturated heterocycles. The Labute approximate surface area is 86.1 Å². The second kappa shape index (κ2) is 4.30. The van der Waals surface area contributed by atoms with Crippen molar-refractivity contribution in [2.75, 3.05) is 13.1 Å². The molecule has 0 aromatic heterocycles. The van der Waals surface area contributed by atoms with Gasteiger partial charge in [-0.15, -0.1) is 0 Å². The topological polar surface area (TPSA) is 40.5 Å². The molecule has 1 aliphatic rings. The predicted molar refractivity (Wildman–Crippen MR) is 56.2 cm³/mol. The summed E-state index contributed by atoms with van der Waals surface area (Å²) in [4.78, 5) is 13.3. The normalized spacial score (nSPS) is 29.0. The van der Waals surface area contributed by atoms with Gasteiger partial charge >= 0.3 is 5.97 Å². The van der Waals surface area contributed by atoms with Crippen molar-refractivity contribution in [3.63, 3.8) is 0 Å². The number of carbonyl (C=O) groups is 1. The van der Waals surface area contributed by atoms with Crippen LogP contribution in [0.3, 0.4) is 0 Å². The molecule has 1 N–H and O–H groups in total. The van der Waals surface area contributed by atoms with Crippen LogP contribution in [0.5, 0.6) is 0 Å². The van der Waals surface area contributed by atoms with Crippen molar-refractivity contribution < 1.29 is 9.90 Å². The summed E-state index contributed by atoms with van der Waals surface area (Å²) in [5, 5.41) is 9.11. The van der Waals surface area contributed by atoms with Crippen molar-refractivity contribution in [2.45, 2.75) is 33.7 Å². The quantitative estimate of drug-likeness (QED) is 0.752. The van der Waals surface area contributed by atoms with Gasteiger partial charge in [-0.05, 0) is 25.7 Å². The van der Waals surface area contributed by atoms with Gasteiger partial charge in [0.2, 0.25) is 0 Å². The van der Waals surface area contributed by atoms with Crippen molar-refractivity contribution in [3.8, 4) is 0 Å². The summed E-state index contributed by atoms with van der Waals surface area (Å²) in [6, 6.07) is 0.459. The lowest BCUT2D eigenvalue weighted by molar-refractivity contribution is -0.143. The Kier molecular flexibility index (Phi) is 3.53. The van der Waals surface area contributed by atoms with Crippen LogP contribution in [0.4, 0.5) is 0 Å². The van der Waals surface area contributed by atoms with Crippen molar-refractivity contribution in [3.05, 3.63) is 0 Å². The van der Waals surface area contributed by atoms with Gasteiger partial charge in [0.15, 0.2) is 0 Å². The van der Waals surface area contributed by atoms with Gasteiger partial charge in [-0.2, -0.15) is 0 Å². The summed E-state index contributed by atoms with van der Waals surface area (Å²) in [5.74, 6) is -0.0287. The fourth-order valence-corrected chi connectivity index (χ4v) is 2.22. The van der Waals surface area contributed by atoms with Crippen LogP contribution in [0.25, 0.3) is 0 Å². The van der Waals surface area contributed by atoms with E-state index in [4.69, 9.17) is 5.11 Å².